The minimum absolute atomic E-state index is 0.0666. The first kappa shape index (κ1) is 8.13. The fourth-order valence-electron chi connectivity index (χ4n) is 1.25. The Balaban J connectivity index is 2.30. The molecule has 0 aromatic carbocycles. The van der Waals surface area contributed by atoms with E-state index in [2.05, 4.69) is 17.2 Å². The van der Waals surface area contributed by atoms with Gasteiger partial charge in [-0.3, -0.25) is 4.79 Å². The van der Waals surface area contributed by atoms with Crippen molar-refractivity contribution < 1.29 is 4.79 Å². The summed E-state index contributed by atoms with van der Waals surface area (Å²) in [5.74, 6) is 6.16. The predicted octanol–water partition coefficient (Wildman–Crippen LogP) is 1.07. The highest BCUT2D eigenvalue weighted by atomic mass is 16.1. The molecule has 11 heavy (non-hydrogen) atoms. The summed E-state index contributed by atoms with van der Waals surface area (Å²) in [6, 6.07) is 0.343. The lowest BCUT2D eigenvalue weighted by atomic mass is 10.1. The zero-order valence-electron chi connectivity index (χ0n) is 6.81. The van der Waals surface area contributed by atoms with E-state index < -0.39 is 0 Å². The first-order chi connectivity index (χ1) is 5.29. The Morgan fingerprint density at radius 1 is 1.36 bits per heavy atom. The first-order valence-electron chi connectivity index (χ1n) is 4.02. The maximum Gasteiger partial charge on any atom is 0.217 e. The average Bonchev–Trinajstić information content (AvgIpc) is 2.14. The van der Waals surface area contributed by atoms with Crippen LogP contribution in [0.1, 0.15) is 32.6 Å². The van der Waals surface area contributed by atoms with Gasteiger partial charge in [-0.05, 0) is 12.8 Å². The van der Waals surface area contributed by atoms with Gasteiger partial charge in [0.15, 0.2) is 0 Å². The van der Waals surface area contributed by atoms with Crippen molar-refractivity contribution in [2.45, 2.75) is 38.6 Å². The third-order valence-corrected chi connectivity index (χ3v) is 1.77. The van der Waals surface area contributed by atoms with E-state index in [1.165, 1.54) is 0 Å². The summed E-state index contributed by atoms with van der Waals surface area (Å²) < 4.78 is 0. The first-order valence-corrected chi connectivity index (χ1v) is 4.02. The smallest absolute Gasteiger partial charge is 0.217 e. The van der Waals surface area contributed by atoms with E-state index in [-0.39, 0.29) is 5.91 Å². The number of nitrogens with one attached hydrogen (secondary N) is 1. The summed E-state index contributed by atoms with van der Waals surface area (Å²) in [6.07, 6.45) is 3.86. The van der Waals surface area contributed by atoms with Crippen molar-refractivity contribution in [2.24, 2.45) is 0 Å². The lowest BCUT2D eigenvalue weighted by molar-refractivity contribution is -0.119. The van der Waals surface area contributed by atoms with Gasteiger partial charge >= 0.3 is 0 Å². The molecule has 0 saturated heterocycles. The van der Waals surface area contributed by atoms with Crippen LogP contribution in [0, 0.1) is 11.8 Å². The second-order valence-electron chi connectivity index (χ2n) is 2.83. The van der Waals surface area contributed by atoms with Gasteiger partial charge in [0.1, 0.15) is 0 Å². The van der Waals surface area contributed by atoms with Gasteiger partial charge in [0.25, 0.3) is 0 Å². The summed E-state index contributed by atoms with van der Waals surface area (Å²) in [6.45, 7) is 1.56. The minimum atomic E-state index is 0.0666. The van der Waals surface area contributed by atoms with Crippen LogP contribution in [0.3, 0.4) is 0 Å². The molecular formula is C9H13NO. The topological polar surface area (TPSA) is 29.1 Å². The van der Waals surface area contributed by atoms with Crippen LogP contribution in [-0.4, -0.2) is 11.9 Å². The fourth-order valence-corrected chi connectivity index (χ4v) is 1.25. The number of carbonyl (C=O) groups is 1. The van der Waals surface area contributed by atoms with Gasteiger partial charge in [-0.2, -0.15) is 0 Å². The molecule has 1 aliphatic rings. The highest BCUT2D eigenvalue weighted by Gasteiger charge is 2.09. The van der Waals surface area contributed by atoms with Gasteiger partial charge < -0.3 is 5.32 Å². The van der Waals surface area contributed by atoms with Crippen molar-refractivity contribution in [3.05, 3.63) is 0 Å². The zero-order chi connectivity index (χ0) is 8.10. The van der Waals surface area contributed by atoms with E-state index in [1.807, 2.05) is 0 Å². The number of amides is 1. The zero-order valence-corrected chi connectivity index (χ0v) is 6.81. The molecule has 60 valence electrons. The summed E-state index contributed by atoms with van der Waals surface area (Å²) >= 11 is 0. The van der Waals surface area contributed by atoms with Gasteiger partial charge in [-0.1, -0.05) is 0 Å². The molecule has 0 aromatic rings. The lowest BCUT2D eigenvalue weighted by Crippen LogP contribution is -2.32. The molecule has 0 spiro atoms. The third-order valence-electron chi connectivity index (χ3n) is 1.77. The van der Waals surface area contributed by atoms with Gasteiger partial charge in [0, 0.05) is 25.8 Å². The second-order valence-corrected chi connectivity index (χ2v) is 2.83. The Morgan fingerprint density at radius 2 is 1.91 bits per heavy atom. The molecule has 0 unspecified atom stereocenters. The van der Waals surface area contributed by atoms with Crippen molar-refractivity contribution in [3.63, 3.8) is 0 Å². The highest BCUT2D eigenvalue weighted by molar-refractivity contribution is 5.73. The Kier molecular flexibility index (Phi) is 2.97. The van der Waals surface area contributed by atoms with Crippen molar-refractivity contribution in [2.75, 3.05) is 0 Å². The molecule has 0 aliphatic heterocycles. The van der Waals surface area contributed by atoms with Gasteiger partial charge in [-0.15, -0.1) is 11.8 Å². The molecule has 0 radical (unpaired) electrons. The quantitative estimate of drug-likeness (QED) is 0.558. The average molecular weight is 151 g/mol. The third kappa shape index (κ3) is 3.08. The maximum atomic E-state index is 10.7. The largest absolute Gasteiger partial charge is 0.354 e. The number of hydrogen-bond acceptors (Lipinski definition) is 1. The van der Waals surface area contributed by atoms with E-state index in [4.69, 9.17) is 0 Å². The van der Waals surface area contributed by atoms with E-state index >= 15 is 0 Å². The Morgan fingerprint density at radius 3 is 2.36 bits per heavy atom. The number of carbonyl (C=O) groups excluding carboxylic acids is 1. The summed E-state index contributed by atoms with van der Waals surface area (Å²) in [7, 11) is 0. The Labute approximate surface area is 67.4 Å². The molecule has 1 aliphatic carbocycles. The number of rotatable bonds is 1. The molecule has 0 saturated carbocycles. The standard InChI is InChI=1S/C9H13NO/c1-8(11)10-9-6-4-2-3-5-7-9/h9H,4-7H2,1H3,(H,10,11). The summed E-state index contributed by atoms with van der Waals surface area (Å²) in [5.41, 5.74) is 0. The monoisotopic (exact) mass is 151 g/mol. The van der Waals surface area contributed by atoms with Crippen molar-refractivity contribution in [3.8, 4) is 11.8 Å². The van der Waals surface area contributed by atoms with Gasteiger partial charge in [-0.25, -0.2) is 0 Å². The van der Waals surface area contributed by atoms with E-state index in [9.17, 15) is 4.79 Å². The summed E-state index contributed by atoms with van der Waals surface area (Å²) in [5, 5.41) is 2.90. The molecule has 2 heteroatoms. The molecule has 1 N–H and O–H groups in total. The predicted molar refractivity (Wildman–Crippen MR) is 43.8 cm³/mol. The molecule has 2 nitrogen and oxygen atoms in total. The molecule has 1 rings (SSSR count). The van der Waals surface area contributed by atoms with Crippen LogP contribution >= 0.6 is 0 Å². The van der Waals surface area contributed by atoms with Crippen LogP contribution in [0.25, 0.3) is 0 Å². The number of hydrogen-bond donors (Lipinski definition) is 1. The Hall–Kier alpha value is -0.970. The lowest BCUT2D eigenvalue weighted by Gasteiger charge is -2.13. The van der Waals surface area contributed by atoms with Crippen LogP contribution in [0.5, 0.6) is 0 Å². The molecule has 0 bridgehead atoms. The van der Waals surface area contributed by atoms with Crippen molar-refractivity contribution in [1.29, 1.82) is 0 Å². The van der Waals surface area contributed by atoms with Crippen LogP contribution in [0.2, 0.25) is 0 Å². The molecule has 0 heterocycles. The Bertz CT molecular complexity index is 187. The van der Waals surface area contributed by atoms with E-state index in [0.717, 1.165) is 25.7 Å². The van der Waals surface area contributed by atoms with Crippen LogP contribution < -0.4 is 5.32 Å². The molecule has 0 fully saturated rings. The normalized spacial score (nSPS) is 17.9. The van der Waals surface area contributed by atoms with Gasteiger partial charge in [0.05, 0.1) is 0 Å². The molecule has 0 atom stereocenters. The SMILES string of the molecule is CC(=O)NC1CCC#CCC1. The van der Waals surface area contributed by atoms with Crippen LogP contribution in [0.4, 0.5) is 0 Å². The van der Waals surface area contributed by atoms with Crippen LogP contribution in [0.15, 0.2) is 0 Å². The van der Waals surface area contributed by atoms with E-state index in [1.54, 1.807) is 6.92 Å². The van der Waals surface area contributed by atoms with Crippen molar-refractivity contribution >= 4 is 5.91 Å². The van der Waals surface area contributed by atoms with Crippen molar-refractivity contribution in [1.82, 2.24) is 5.32 Å². The maximum absolute atomic E-state index is 10.7. The summed E-state index contributed by atoms with van der Waals surface area (Å²) in [4.78, 5) is 10.7. The second kappa shape index (κ2) is 4.02. The van der Waals surface area contributed by atoms with Gasteiger partial charge in [0.2, 0.25) is 5.91 Å². The van der Waals surface area contributed by atoms with E-state index in [0.29, 0.717) is 6.04 Å². The molecular weight excluding hydrogens is 138 g/mol. The molecule has 1 amide bonds. The molecule has 0 aromatic heterocycles. The fraction of sp³-hybridized carbons (Fsp3) is 0.667. The van der Waals surface area contributed by atoms with Crippen LogP contribution in [-0.2, 0) is 4.79 Å². The minimum Gasteiger partial charge on any atom is -0.354 e. The highest BCUT2D eigenvalue weighted by Crippen LogP contribution is 2.07.